The van der Waals surface area contributed by atoms with Crippen molar-refractivity contribution < 1.29 is 14.0 Å². The lowest BCUT2D eigenvalue weighted by molar-refractivity contribution is 0.0697. The van der Waals surface area contributed by atoms with Crippen LogP contribution in [-0.4, -0.2) is 45.6 Å². The summed E-state index contributed by atoms with van der Waals surface area (Å²) < 4.78 is 15.0. The molecule has 5 rings (SSSR count). The number of nitrogens with zero attached hydrogens (tertiary/aromatic N) is 3. The van der Waals surface area contributed by atoms with Crippen LogP contribution in [-0.2, 0) is 0 Å². The second-order valence-corrected chi connectivity index (χ2v) is 9.52. The van der Waals surface area contributed by atoms with Gasteiger partial charge in [0.05, 0.1) is 23.1 Å². The fraction of sp³-hybridized carbons (Fsp3) is 0.346. The third-order valence-corrected chi connectivity index (χ3v) is 7.03. The number of aryl methyl sites for hydroxylation is 1. The average Bonchev–Trinajstić information content (AvgIpc) is 3.59. The van der Waals surface area contributed by atoms with Gasteiger partial charge in [0.2, 0.25) is 0 Å². The van der Waals surface area contributed by atoms with Crippen LogP contribution in [0.4, 0.5) is 4.39 Å². The Balaban J connectivity index is 1.27. The average molecular weight is 481 g/mol. The van der Waals surface area contributed by atoms with Crippen LogP contribution in [0.1, 0.15) is 63.6 Å². The molecule has 8 heteroatoms. The van der Waals surface area contributed by atoms with Crippen LogP contribution in [0.5, 0.6) is 0 Å². The Morgan fingerprint density at radius 2 is 1.76 bits per heavy atom. The number of halogens is 2. The molecule has 0 unspecified atom stereocenters. The maximum Gasteiger partial charge on any atom is 0.257 e. The van der Waals surface area contributed by atoms with Gasteiger partial charge in [-0.25, -0.2) is 9.07 Å². The molecule has 2 amide bonds. The lowest BCUT2D eigenvalue weighted by Gasteiger charge is -2.32. The summed E-state index contributed by atoms with van der Waals surface area (Å²) in [7, 11) is 0. The molecule has 34 heavy (non-hydrogen) atoms. The van der Waals surface area contributed by atoms with Gasteiger partial charge in [-0.15, -0.1) is 0 Å². The van der Waals surface area contributed by atoms with Crippen molar-refractivity contribution in [2.75, 3.05) is 13.1 Å². The van der Waals surface area contributed by atoms with Gasteiger partial charge in [-0.2, -0.15) is 5.10 Å². The summed E-state index contributed by atoms with van der Waals surface area (Å²) in [6.07, 6.45) is 5.09. The SMILES string of the molecule is Cc1ccc(-n2ncc(C(=O)N3CCC(NC(=O)c4ccc(F)cc4)CC3)c2C2CC2)cc1Cl. The lowest BCUT2D eigenvalue weighted by atomic mass is 10.0. The van der Waals surface area contributed by atoms with Gasteiger partial charge in [0.25, 0.3) is 11.8 Å². The zero-order valence-corrected chi connectivity index (χ0v) is 19.7. The van der Waals surface area contributed by atoms with Crippen LogP contribution >= 0.6 is 11.6 Å². The summed E-state index contributed by atoms with van der Waals surface area (Å²) in [5.41, 5.74) is 3.89. The molecule has 1 aliphatic carbocycles. The van der Waals surface area contributed by atoms with Gasteiger partial charge in [0, 0.05) is 35.6 Å². The molecule has 0 bridgehead atoms. The number of nitrogens with one attached hydrogen (secondary N) is 1. The van der Waals surface area contributed by atoms with Crippen molar-refractivity contribution in [3.63, 3.8) is 0 Å². The topological polar surface area (TPSA) is 67.2 Å². The van der Waals surface area contributed by atoms with Crippen LogP contribution < -0.4 is 5.32 Å². The molecule has 0 spiro atoms. The van der Waals surface area contributed by atoms with Gasteiger partial charge >= 0.3 is 0 Å². The van der Waals surface area contributed by atoms with Gasteiger partial charge < -0.3 is 10.2 Å². The third kappa shape index (κ3) is 4.57. The molecule has 1 saturated carbocycles. The third-order valence-electron chi connectivity index (χ3n) is 6.62. The van der Waals surface area contributed by atoms with Crippen molar-refractivity contribution in [1.29, 1.82) is 0 Å². The Labute approximate surface area is 202 Å². The number of rotatable bonds is 5. The minimum absolute atomic E-state index is 0.0188. The quantitative estimate of drug-likeness (QED) is 0.565. The number of carbonyl (C=O) groups is 2. The number of aromatic nitrogens is 2. The first-order chi connectivity index (χ1) is 16.4. The molecule has 2 aromatic carbocycles. The highest BCUT2D eigenvalue weighted by molar-refractivity contribution is 6.31. The number of piperidine rings is 1. The van der Waals surface area contributed by atoms with Gasteiger partial charge in [0.1, 0.15) is 5.82 Å². The van der Waals surface area contributed by atoms with Crippen LogP contribution in [0.25, 0.3) is 5.69 Å². The van der Waals surface area contributed by atoms with Crippen LogP contribution in [0, 0.1) is 12.7 Å². The molecule has 1 N–H and O–H groups in total. The minimum atomic E-state index is -0.372. The van der Waals surface area contributed by atoms with E-state index in [1.807, 2.05) is 34.7 Å². The maximum atomic E-state index is 13.4. The molecule has 2 fully saturated rings. The Morgan fingerprint density at radius 3 is 2.41 bits per heavy atom. The maximum absolute atomic E-state index is 13.4. The number of hydrogen-bond donors (Lipinski definition) is 1. The van der Waals surface area contributed by atoms with Gasteiger partial charge in [-0.3, -0.25) is 9.59 Å². The fourth-order valence-electron chi connectivity index (χ4n) is 4.46. The van der Waals surface area contributed by atoms with Crippen molar-refractivity contribution in [2.45, 2.75) is 44.6 Å². The molecule has 176 valence electrons. The molecule has 2 heterocycles. The minimum Gasteiger partial charge on any atom is -0.349 e. The Kier molecular flexibility index (Phi) is 6.13. The number of amides is 2. The second kappa shape index (κ2) is 9.22. The summed E-state index contributed by atoms with van der Waals surface area (Å²) in [5.74, 6) is -0.287. The van der Waals surface area contributed by atoms with E-state index >= 15 is 0 Å². The molecule has 1 aliphatic heterocycles. The fourth-order valence-corrected chi connectivity index (χ4v) is 4.63. The first kappa shape index (κ1) is 22.6. The van der Waals surface area contributed by atoms with Crippen molar-refractivity contribution in [3.8, 4) is 5.69 Å². The number of benzene rings is 2. The predicted octanol–water partition coefficient (Wildman–Crippen LogP) is 4.89. The molecular weight excluding hydrogens is 455 g/mol. The van der Waals surface area contributed by atoms with Crippen molar-refractivity contribution in [2.24, 2.45) is 0 Å². The first-order valence-electron chi connectivity index (χ1n) is 11.6. The smallest absolute Gasteiger partial charge is 0.257 e. The Bertz CT molecular complexity index is 1230. The molecule has 6 nitrogen and oxygen atoms in total. The highest BCUT2D eigenvalue weighted by atomic mass is 35.5. The van der Waals surface area contributed by atoms with Crippen molar-refractivity contribution in [3.05, 3.63) is 81.9 Å². The van der Waals surface area contributed by atoms with Gasteiger partial charge in [-0.1, -0.05) is 17.7 Å². The number of carbonyl (C=O) groups excluding carboxylic acids is 2. The van der Waals surface area contributed by atoms with Crippen LogP contribution in [0.3, 0.4) is 0 Å². The first-order valence-corrected chi connectivity index (χ1v) is 12.0. The molecule has 0 radical (unpaired) electrons. The van der Waals surface area contributed by atoms with E-state index < -0.39 is 0 Å². The van der Waals surface area contributed by atoms with E-state index in [0.717, 1.165) is 29.8 Å². The van der Waals surface area contributed by atoms with E-state index in [1.165, 1.54) is 24.3 Å². The summed E-state index contributed by atoms with van der Waals surface area (Å²) in [5, 5.41) is 8.23. The monoisotopic (exact) mass is 480 g/mol. The summed E-state index contributed by atoms with van der Waals surface area (Å²) in [4.78, 5) is 27.7. The molecule has 1 aromatic heterocycles. The lowest BCUT2D eigenvalue weighted by Crippen LogP contribution is -2.46. The molecule has 3 aromatic rings. The second-order valence-electron chi connectivity index (χ2n) is 9.11. The van der Waals surface area contributed by atoms with Crippen molar-refractivity contribution >= 4 is 23.4 Å². The highest BCUT2D eigenvalue weighted by Gasteiger charge is 2.35. The molecule has 0 atom stereocenters. The van der Waals surface area contributed by atoms with Gasteiger partial charge in [0.15, 0.2) is 0 Å². The number of likely N-dealkylation sites (tertiary alicyclic amines) is 1. The van der Waals surface area contributed by atoms with Crippen LogP contribution in [0.15, 0.2) is 48.7 Å². The summed E-state index contributed by atoms with van der Waals surface area (Å²) >= 11 is 6.34. The summed E-state index contributed by atoms with van der Waals surface area (Å²) in [6.45, 7) is 3.06. The largest absolute Gasteiger partial charge is 0.349 e. The van der Waals surface area contributed by atoms with Crippen LogP contribution in [0.2, 0.25) is 5.02 Å². The highest BCUT2D eigenvalue weighted by Crippen LogP contribution is 2.43. The van der Waals surface area contributed by atoms with E-state index in [4.69, 9.17) is 11.6 Å². The summed E-state index contributed by atoms with van der Waals surface area (Å²) in [6, 6.07) is 11.3. The van der Waals surface area contributed by atoms with E-state index in [2.05, 4.69) is 10.4 Å². The predicted molar refractivity (Wildman–Crippen MR) is 128 cm³/mol. The molecule has 2 aliphatic rings. The van der Waals surface area contributed by atoms with E-state index in [9.17, 15) is 14.0 Å². The normalized spacial score (nSPS) is 16.5. The molecular formula is C26H26ClFN4O2. The van der Waals surface area contributed by atoms with E-state index in [0.29, 0.717) is 48.0 Å². The molecule has 1 saturated heterocycles. The Hall–Kier alpha value is -3.19. The standard InChI is InChI=1S/C26H26ClFN4O2/c1-16-2-9-21(14-23(16)27)32-24(17-3-4-17)22(15-29-32)26(34)31-12-10-20(11-13-31)30-25(33)18-5-7-19(28)8-6-18/h2,5-9,14-15,17,20H,3-4,10-13H2,1H3,(H,30,33). The van der Waals surface area contributed by atoms with E-state index in [1.54, 1.807) is 6.20 Å². The van der Waals surface area contributed by atoms with Gasteiger partial charge in [-0.05, 0) is 74.6 Å². The zero-order valence-electron chi connectivity index (χ0n) is 18.9. The van der Waals surface area contributed by atoms with E-state index in [-0.39, 0.29) is 23.7 Å². The zero-order chi connectivity index (χ0) is 23.8. The number of hydrogen-bond acceptors (Lipinski definition) is 3. The Morgan fingerprint density at radius 1 is 1.06 bits per heavy atom. The van der Waals surface area contributed by atoms with Crippen molar-refractivity contribution in [1.82, 2.24) is 20.0 Å².